The average Bonchev–Trinajstić information content (AvgIpc) is 3.47. The van der Waals surface area contributed by atoms with Gasteiger partial charge in [-0.15, -0.1) is 11.3 Å². The Morgan fingerprint density at radius 1 is 1.18 bits per heavy atom. The van der Waals surface area contributed by atoms with E-state index in [4.69, 9.17) is 9.47 Å². The van der Waals surface area contributed by atoms with Gasteiger partial charge in [-0.3, -0.25) is 9.36 Å². The Labute approximate surface area is 203 Å². The monoisotopic (exact) mass is 490 g/mol. The van der Waals surface area contributed by atoms with E-state index in [1.165, 1.54) is 22.7 Å². The van der Waals surface area contributed by atoms with E-state index < -0.39 is 12.0 Å². The molecule has 4 aromatic rings. The number of methoxy groups -OCH3 is 1. The lowest BCUT2D eigenvalue weighted by Gasteiger charge is -2.23. The lowest BCUT2D eigenvalue weighted by Crippen LogP contribution is -2.39. The molecule has 0 amide bonds. The van der Waals surface area contributed by atoms with Crippen LogP contribution in [0.15, 0.2) is 75.0 Å². The van der Waals surface area contributed by atoms with E-state index in [0.717, 1.165) is 21.2 Å². The first kappa shape index (κ1) is 22.3. The van der Waals surface area contributed by atoms with Crippen molar-refractivity contribution in [3.05, 3.63) is 95.3 Å². The zero-order valence-electron chi connectivity index (χ0n) is 18.9. The Balaban J connectivity index is 1.77. The predicted octanol–water partition coefficient (Wildman–Crippen LogP) is 4.02. The van der Waals surface area contributed by atoms with Gasteiger partial charge >= 0.3 is 5.97 Å². The highest BCUT2D eigenvalue weighted by molar-refractivity contribution is 7.10. The maximum Gasteiger partial charge on any atom is 0.338 e. The fraction of sp³-hybridized carbons (Fsp3) is 0.192. The Bertz CT molecular complexity index is 1610. The van der Waals surface area contributed by atoms with Crippen LogP contribution in [0.25, 0.3) is 16.8 Å². The molecule has 1 aliphatic rings. The summed E-state index contributed by atoms with van der Waals surface area (Å²) in [5, 5.41) is 3.98. The first-order valence-corrected chi connectivity index (χ1v) is 12.5. The number of rotatable bonds is 5. The maximum absolute atomic E-state index is 13.8. The summed E-state index contributed by atoms with van der Waals surface area (Å²) in [5.41, 5.74) is 1.59. The summed E-state index contributed by atoms with van der Waals surface area (Å²) in [6.07, 6.45) is 1.86. The normalized spacial score (nSPS) is 15.9. The number of thiophene rings is 1. The molecule has 0 spiro atoms. The van der Waals surface area contributed by atoms with Gasteiger partial charge in [0.2, 0.25) is 0 Å². The number of hydrogen-bond donors (Lipinski definition) is 0. The van der Waals surface area contributed by atoms with Gasteiger partial charge in [0.1, 0.15) is 11.8 Å². The zero-order valence-corrected chi connectivity index (χ0v) is 20.5. The van der Waals surface area contributed by atoms with Crippen LogP contribution in [0.1, 0.15) is 30.3 Å². The Morgan fingerprint density at radius 2 is 2.00 bits per heavy atom. The van der Waals surface area contributed by atoms with Crippen molar-refractivity contribution < 1.29 is 14.3 Å². The van der Waals surface area contributed by atoms with E-state index in [1.54, 1.807) is 25.5 Å². The number of thiazole rings is 1. The van der Waals surface area contributed by atoms with Gasteiger partial charge in [-0.2, -0.15) is 0 Å². The molecule has 0 fully saturated rings. The molecule has 0 N–H and O–H groups in total. The van der Waals surface area contributed by atoms with Crippen LogP contribution < -0.4 is 19.6 Å². The summed E-state index contributed by atoms with van der Waals surface area (Å²) in [7, 11) is 1.62. The van der Waals surface area contributed by atoms with E-state index in [9.17, 15) is 9.59 Å². The predicted molar refractivity (Wildman–Crippen MR) is 135 cm³/mol. The van der Waals surface area contributed by atoms with Crippen LogP contribution in [0, 0.1) is 0 Å². The van der Waals surface area contributed by atoms with Gasteiger partial charge in [-0.1, -0.05) is 47.7 Å². The number of nitrogens with zero attached hydrogens (tertiary/aromatic N) is 2. The lowest BCUT2D eigenvalue weighted by atomic mass is 10.0. The molecule has 0 bridgehead atoms. The summed E-state index contributed by atoms with van der Waals surface area (Å²) >= 11 is 2.80. The number of benzene rings is 2. The molecule has 34 heavy (non-hydrogen) atoms. The standard InChI is InChI=1S/C26H22N2O4S2/c1-4-32-25(30)22-15(2)27-26-28(23(22)20-10-7-13-33-20)24(29)21(34-26)14-18-17-9-6-5-8-16(17)11-12-19(18)31-3/h5-14,23H,4H2,1-3H3. The summed E-state index contributed by atoms with van der Waals surface area (Å²) in [4.78, 5) is 32.7. The van der Waals surface area contributed by atoms with E-state index >= 15 is 0 Å². The number of hydrogen-bond acceptors (Lipinski definition) is 7. The van der Waals surface area contributed by atoms with E-state index in [2.05, 4.69) is 4.99 Å². The second kappa shape index (κ2) is 9.04. The first-order valence-electron chi connectivity index (χ1n) is 10.8. The van der Waals surface area contributed by atoms with E-state index in [1.807, 2.05) is 60.0 Å². The molecule has 0 saturated heterocycles. The van der Waals surface area contributed by atoms with Crippen molar-refractivity contribution in [2.24, 2.45) is 4.99 Å². The molecule has 8 heteroatoms. The summed E-state index contributed by atoms with van der Waals surface area (Å²) in [6.45, 7) is 3.80. The van der Waals surface area contributed by atoms with Crippen molar-refractivity contribution >= 4 is 45.5 Å². The molecule has 172 valence electrons. The van der Waals surface area contributed by atoms with Crippen molar-refractivity contribution in [3.8, 4) is 5.75 Å². The molecule has 1 atom stereocenters. The van der Waals surface area contributed by atoms with Crippen LogP contribution in [0.4, 0.5) is 0 Å². The molecule has 5 rings (SSSR count). The number of carbonyl (C=O) groups excluding carboxylic acids is 1. The van der Waals surface area contributed by atoms with Crippen molar-refractivity contribution in [1.82, 2.24) is 4.57 Å². The number of aromatic nitrogens is 1. The fourth-order valence-corrected chi connectivity index (χ4v) is 6.09. The molecule has 3 heterocycles. The smallest absolute Gasteiger partial charge is 0.338 e. The third-order valence-electron chi connectivity index (χ3n) is 5.76. The summed E-state index contributed by atoms with van der Waals surface area (Å²) in [5.74, 6) is 0.231. The lowest BCUT2D eigenvalue weighted by molar-refractivity contribution is -0.139. The average molecular weight is 491 g/mol. The minimum atomic E-state index is -0.577. The molecule has 0 radical (unpaired) electrons. The quantitative estimate of drug-likeness (QED) is 0.396. The number of allylic oxidation sites excluding steroid dienone is 1. The highest BCUT2D eigenvalue weighted by Gasteiger charge is 2.33. The fourth-order valence-electron chi connectivity index (χ4n) is 4.24. The van der Waals surface area contributed by atoms with Gasteiger partial charge in [0.05, 0.1) is 29.5 Å². The van der Waals surface area contributed by atoms with Crippen LogP contribution in [-0.2, 0) is 9.53 Å². The largest absolute Gasteiger partial charge is 0.496 e. The van der Waals surface area contributed by atoms with Crippen molar-refractivity contribution in [2.75, 3.05) is 13.7 Å². The van der Waals surface area contributed by atoms with Crippen LogP contribution in [-0.4, -0.2) is 24.3 Å². The van der Waals surface area contributed by atoms with Gasteiger partial charge in [0, 0.05) is 10.4 Å². The minimum absolute atomic E-state index is 0.202. The van der Waals surface area contributed by atoms with Crippen LogP contribution >= 0.6 is 22.7 Å². The molecule has 1 unspecified atom stereocenters. The number of ether oxygens (including phenoxy) is 2. The molecule has 2 aromatic heterocycles. The highest BCUT2D eigenvalue weighted by atomic mass is 32.1. The van der Waals surface area contributed by atoms with Gasteiger partial charge in [0.25, 0.3) is 5.56 Å². The number of carbonyl (C=O) groups is 1. The van der Waals surface area contributed by atoms with Gasteiger partial charge in [-0.05, 0) is 48.2 Å². The van der Waals surface area contributed by atoms with Gasteiger partial charge < -0.3 is 9.47 Å². The van der Waals surface area contributed by atoms with Crippen LogP contribution in [0.2, 0.25) is 0 Å². The third-order valence-corrected chi connectivity index (χ3v) is 7.66. The van der Waals surface area contributed by atoms with E-state index in [-0.39, 0.29) is 12.2 Å². The second-order valence-electron chi connectivity index (χ2n) is 7.72. The maximum atomic E-state index is 13.8. The second-order valence-corrected chi connectivity index (χ2v) is 9.71. The van der Waals surface area contributed by atoms with Crippen LogP contribution in [0.3, 0.4) is 0 Å². The topological polar surface area (TPSA) is 69.9 Å². The van der Waals surface area contributed by atoms with E-state index in [0.29, 0.717) is 26.4 Å². The molecule has 0 saturated carbocycles. The molecular weight excluding hydrogens is 468 g/mol. The third kappa shape index (κ3) is 3.69. The molecule has 0 aliphatic carbocycles. The minimum Gasteiger partial charge on any atom is -0.496 e. The molecule has 1 aliphatic heterocycles. The van der Waals surface area contributed by atoms with Crippen molar-refractivity contribution in [2.45, 2.75) is 19.9 Å². The number of esters is 1. The highest BCUT2D eigenvalue weighted by Crippen LogP contribution is 2.33. The van der Waals surface area contributed by atoms with Crippen molar-refractivity contribution in [3.63, 3.8) is 0 Å². The Hall–Kier alpha value is -3.49. The SMILES string of the molecule is CCOC(=O)C1=C(C)N=c2sc(=Cc3c(OC)ccc4ccccc34)c(=O)n2C1c1cccs1. The Kier molecular flexibility index (Phi) is 5.93. The van der Waals surface area contributed by atoms with Gasteiger partial charge in [-0.25, -0.2) is 9.79 Å². The van der Waals surface area contributed by atoms with Crippen molar-refractivity contribution in [1.29, 1.82) is 0 Å². The summed E-state index contributed by atoms with van der Waals surface area (Å²) < 4.78 is 13.1. The molecule has 6 nitrogen and oxygen atoms in total. The zero-order chi connectivity index (χ0) is 23.8. The van der Waals surface area contributed by atoms with Crippen LogP contribution in [0.5, 0.6) is 5.75 Å². The first-order chi connectivity index (χ1) is 16.5. The molecular formula is C26H22N2O4S2. The summed E-state index contributed by atoms with van der Waals surface area (Å²) in [6, 6.07) is 15.2. The number of fused-ring (bicyclic) bond motifs is 2. The Morgan fingerprint density at radius 3 is 2.74 bits per heavy atom. The molecule has 2 aromatic carbocycles. The van der Waals surface area contributed by atoms with Gasteiger partial charge in [0.15, 0.2) is 4.80 Å².